The number of carbonyl (C=O) groups is 1. The number of aliphatic hydroxyl groups is 1. The Bertz CT molecular complexity index is 520. The lowest BCUT2D eigenvalue weighted by Crippen LogP contribution is -2.29. The van der Waals surface area contributed by atoms with Crippen LogP contribution in [0.5, 0.6) is 0 Å². The maximum Gasteiger partial charge on any atom is 0.251 e. The monoisotopic (exact) mass is 259 g/mol. The molecule has 0 aliphatic heterocycles. The van der Waals surface area contributed by atoms with Crippen LogP contribution in [0.3, 0.4) is 0 Å². The third kappa shape index (κ3) is 3.42. The second-order valence-electron chi connectivity index (χ2n) is 4.50. The molecule has 2 rings (SSSR count). The fourth-order valence-electron chi connectivity index (χ4n) is 1.62. The summed E-state index contributed by atoms with van der Waals surface area (Å²) in [7, 11) is 0. The van der Waals surface area contributed by atoms with Gasteiger partial charge in [-0.1, -0.05) is 6.92 Å². The number of rotatable bonds is 5. The van der Waals surface area contributed by atoms with Gasteiger partial charge in [-0.3, -0.25) is 4.79 Å². The predicted octanol–water partition coefficient (Wildman–Crippen LogP) is 1.23. The summed E-state index contributed by atoms with van der Waals surface area (Å²) in [6, 6.07) is 9.05. The van der Waals surface area contributed by atoms with Gasteiger partial charge in [0.05, 0.1) is 5.69 Å². The van der Waals surface area contributed by atoms with Crippen LogP contribution in [0.25, 0.3) is 5.69 Å². The van der Waals surface area contributed by atoms with Crippen molar-refractivity contribution in [2.75, 3.05) is 13.2 Å². The Labute approximate surface area is 111 Å². The first kappa shape index (κ1) is 13.3. The summed E-state index contributed by atoms with van der Waals surface area (Å²) in [6.45, 7) is 2.41. The molecule has 1 amide bonds. The number of benzene rings is 1. The molecule has 0 bridgehead atoms. The van der Waals surface area contributed by atoms with Gasteiger partial charge >= 0.3 is 0 Å². The molecule has 0 radical (unpaired) electrons. The van der Waals surface area contributed by atoms with Crippen LogP contribution in [0.1, 0.15) is 17.3 Å². The predicted molar refractivity (Wildman–Crippen MR) is 72.1 cm³/mol. The van der Waals surface area contributed by atoms with Crippen LogP contribution < -0.4 is 5.32 Å². The Morgan fingerprint density at radius 3 is 2.74 bits per heavy atom. The Morgan fingerprint density at radius 1 is 1.42 bits per heavy atom. The minimum Gasteiger partial charge on any atom is -0.396 e. The van der Waals surface area contributed by atoms with Crippen LogP contribution in [-0.4, -0.2) is 33.9 Å². The van der Waals surface area contributed by atoms with Crippen molar-refractivity contribution in [3.05, 3.63) is 48.3 Å². The summed E-state index contributed by atoms with van der Waals surface area (Å²) in [5, 5.41) is 15.8. The first-order valence-electron chi connectivity index (χ1n) is 6.20. The Kier molecular flexibility index (Phi) is 4.30. The second kappa shape index (κ2) is 6.15. The first-order chi connectivity index (χ1) is 9.20. The van der Waals surface area contributed by atoms with Crippen molar-refractivity contribution in [3.8, 4) is 5.69 Å². The van der Waals surface area contributed by atoms with Crippen molar-refractivity contribution in [1.82, 2.24) is 15.1 Å². The van der Waals surface area contributed by atoms with Gasteiger partial charge < -0.3 is 10.4 Å². The molecule has 19 heavy (non-hydrogen) atoms. The lowest BCUT2D eigenvalue weighted by Gasteiger charge is -2.10. The fraction of sp³-hybridized carbons (Fsp3) is 0.286. The van der Waals surface area contributed by atoms with E-state index in [0.717, 1.165) is 5.69 Å². The largest absolute Gasteiger partial charge is 0.396 e. The third-order valence-electron chi connectivity index (χ3n) is 2.82. The molecule has 5 heteroatoms. The zero-order valence-electron chi connectivity index (χ0n) is 10.8. The smallest absolute Gasteiger partial charge is 0.251 e. The summed E-state index contributed by atoms with van der Waals surface area (Å²) >= 11 is 0. The Balaban J connectivity index is 2.00. The molecule has 100 valence electrons. The zero-order valence-corrected chi connectivity index (χ0v) is 10.8. The minimum atomic E-state index is -0.132. The van der Waals surface area contributed by atoms with Gasteiger partial charge in [0.1, 0.15) is 0 Å². The molecule has 0 saturated heterocycles. The van der Waals surface area contributed by atoms with Gasteiger partial charge in [0.15, 0.2) is 0 Å². The van der Waals surface area contributed by atoms with Gasteiger partial charge in [0, 0.05) is 31.1 Å². The molecule has 2 N–H and O–H groups in total. The van der Waals surface area contributed by atoms with E-state index in [1.807, 2.05) is 31.3 Å². The standard InChI is InChI=1S/C14H17N3O2/c1-11(10-18)9-15-14(19)12-3-5-13(6-4-12)17-8-2-7-16-17/h2-8,11,18H,9-10H2,1H3,(H,15,19). The molecule has 1 heterocycles. The Hall–Kier alpha value is -2.14. The second-order valence-corrected chi connectivity index (χ2v) is 4.50. The summed E-state index contributed by atoms with van der Waals surface area (Å²) in [5.41, 5.74) is 1.51. The van der Waals surface area contributed by atoms with Crippen LogP contribution in [0.2, 0.25) is 0 Å². The maximum absolute atomic E-state index is 11.8. The van der Waals surface area contributed by atoms with Crippen molar-refractivity contribution in [2.45, 2.75) is 6.92 Å². The average Bonchev–Trinajstić information content (AvgIpc) is 2.98. The van der Waals surface area contributed by atoms with Crippen molar-refractivity contribution in [2.24, 2.45) is 5.92 Å². The van der Waals surface area contributed by atoms with Gasteiger partial charge in [-0.15, -0.1) is 0 Å². The van der Waals surface area contributed by atoms with E-state index in [9.17, 15) is 4.79 Å². The highest BCUT2D eigenvalue weighted by Crippen LogP contribution is 2.08. The number of carbonyl (C=O) groups excluding carboxylic acids is 1. The quantitative estimate of drug-likeness (QED) is 0.848. The van der Waals surface area contributed by atoms with Crippen molar-refractivity contribution in [1.29, 1.82) is 0 Å². The summed E-state index contributed by atoms with van der Waals surface area (Å²) in [6.07, 6.45) is 3.55. The van der Waals surface area contributed by atoms with Gasteiger partial charge in [-0.25, -0.2) is 4.68 Å². The van der Waals surface area contributed by atoms with Crippen molar-refractivity contribution in [3.63, 3.8) is 0 Å². The average molecular weight is 259 g/mol. The topological polar surface area (TPSA) is 67.2 Å². The molecular weight excluding hydrogens is 242 g/mol. The van der Waals surface area contributed by atoms with E-state index in [2.05, 4.69) is 10.4 Å². The number of hydrogen-bond donors (Lipinski definition) is 2. The highest BCUT2D eigenvalue weighted by Gasteiger charge is 2.07. The summed E-state index contributed by atoms with van der Waals surface area (Å²) in [5.74, 6) is -0.0698. The van der Waals surface area contributed by atoms with E-state index in [1.165, 1.54) is 0 Å². The summed E-state index contributed by atoms with van der Waals surface area (Å²) < 4.78 is 1.73. The molecule has 2 aromatic rings. The third-order valence-corrected chi connectivity index (χ3v) is 2.82. The number of nitrogens with zero attached hydrogens (tertiary/aromatic N) is 2. The molecule has 5 nitrogen and oxygen atoms in total. The fourth-order valence-corrected chi connectivity index (χ4v) is 1.62. The van der Waals surface area contributed by atoms with Crippen LogP contribution in [0, 0.1) is 5.92 Å². The first-order valence-corrected chi connectivity index (χ1v) is 6.20. The molecule has 0 fully saturated rings. The number of aliphatic hydroxyl groups excluding tert-OH is 1. The van der Waals surface area contributed by atoms with Crippen LogP contribution in [-0.2, 0) is 0 Å². The SMILES string of the molecule is CC(CO)CNC(=O)c1ccc(-n2cccn2)cc1. The highest BCUT2D eigenvalue weighted by molar-refractivity contribution is 5.94. The van der Waals surface area contributed by atoms with E-state index < -0.39 is 0 Å². The highest BCUT2D eigenvalue weighted by atomic mass is 16.3. The lowest BCUT2D eigenvalue weighted by molar-refractivity contribution is 0.0942. The summed E-state index contributed by atoms with van der Waals surface area (Å²) in [4.78, 5) is 11.8. The van der Waals surface area contributed by atoms with E-state index in [1.54, 1.807) is 23.0 Å². The molecule has 0 saturated carbocycles. The lowest BCUT2D eigenvalue weighted by atomic mass is 10.1. The molecule has 1 aromatic carbocycles. The van der Waals surface area contributed by atoms with Crippen LogP contribution in [0.4, 0.5) is 0 Å². The van der Waals surface area contributed by atoms with E-state index >= 15 is 0 Å². The van der Waals surface area contributed by atoms with E-state index in [-0.39, 0.29) is 18.4 Å². The molecule has 1 atom stereocenters. The van der Waals surface area contributed by atoms with E-state index in [4.69, 9.17) is 5.11 Å². The molecule has 0 aliphatic rings. The molecule has 0 aliphatic carbocycles. The van der Waals surface area contributed by atoms with Crippen LogP contribution >= 0.6 is 0 Å². The zero-order chi connectivity index (χ0) is 13.7. The number of amides is 1. The molecule has 1 aromatic heterocycles. The van der Waals surface area contributed by atoms with Gasteiger partial charge in [-0.05, 0) is 36.2 Å². The van der Waals surface area contributed by atoms with Gasteiger partial charge in [-0.2, -0.15) is 5.10 Å². The van der Waals surface area contributed by atoms with Crippen molar-refractivity contribution >= 4 is 5.91 Å². The van der Waals surface area contributed by atoms with Gasteiger partial charge in [0.25, 0.3) is 5.91 Å². The minimum absolute atomic E-state index is 0.0623. The van der Waals surface area contributed by atoms with Crippen LogP contribution in [0.15, 0.2) is 42.7 Å². The molecule has 1 unspecified atom stereocenters. The van der Waals surface area contributed by atoms with E-state index in [0.29, 0.717) is 12.1 Å². The number of aromatic nitrogens is 2. The normalized spacial score (nSPS) is 12.1. The molecule has 0 spiro atoms. The Morgan fingerprint density at radius 2 is 2.16 bits per heavy atom. The maximum atomic E-state index is 11.8. The number of hydrogen-bond acceptors (Lipinski definition) is 3. The van der Waals surface area contributed by atoms with Gasteiger partial charge in [0.2, 0.25) is 0 Å². The molecular formula is C14H17N3O2. The number of nitrogens with one attached hydrogen (secondary N) is 1. The van der Waals surface area contributed by atoms with Crippen molar-refractivity contribution < 1.29 is 9.90 Å².